The first-order chi connectivity index (χ1) is 8.07. The van der Waals surface area contributed by atoms with Gasteiger partial charge in [-0.3, -0.25) is 4.79 Å². The molecule has 0 bridgehead atoms. The van der Waals surface area contributed by atoms with Crippen LogP contribution in [0.15, 0.2) is 11.8 Å². The van der Waals surface area contributed by atoms with Crippen molar-refractivity contribution in [1.82, 2.24) is 4.90 Å². The first kappa shape index (κ1) is 13.8. The molecule has 0 spiro atoms. The average Bonchev–Trinajstić information content (AvgIpc) is 2.27. The second-order valence-corrected chi connectivity index (χ2v) is 4.94. The first-order valence-corrected chi connectivity index (χ1v) is 6.44. The molecule has 3 nitrogen and oxygen atoms in total. The molecule has 0 saturated carbocycles. The molecule has 1 aliphatic carbocycles. The molecule has 0 radical (unpaired) electrons. The number of rotatable bonds is 4. The Morgan fingerprint density at radius 2 is 2.35 bits per heavy atom. The average molecular weight is 234 g/mol. The van der Waals surface area contributed by atoms with Crippen LogP contribution in [0.2, 0.25) is 0 Å². The standard InChI is InChI=1S/C14H22N2O/c1-11(2)16(12(3)17)14-9-5-4-7-13(14)8-6-10-15/h9,11,13H,4-8H2,1-3H3/t13-/m1/s1. The molecule has 1 aliphatic rings. The van der Waals surface area contributed by atoms with Gasteiger partial charge in [-0.1, -0.05) is 6.08 Å². The molecular weight excluding hydrogens is 212 g/mol. The van der Waals surface area contributed by atoms with Gasteiger partial charge in [0.15, 0.2) is 0 Å². The van der Waals surface area contributed by atoms with Crippen LogP contribution < -0.4 is 0 Å². The number of hydrogen-bond donors (Lipinski definition) is 0. The summed E-state index contributed by atoms with van der Waals surface area (Å²) < 4.78 is 0. The van der Waals surface area contributed by atoms with E-state index in [1.807, 2.05) is 18.7 Å². The molecule has 17 heavy (non-hydrogen) atoms. The van der Waals surface area contributed by atoms with Crippen LogP contribution in [-0.2, 0) is 4.79 Å². The zero-order chi connectivity index (χ0) is 12.8. The lowest BCUT2D eigenvalue weighted by atomic mass is 9.87. The van der Waals surface area contributed by atoms with Crippen LogP contribution >= 0.6 is 0 Å². The van der Waals surface area contributed by atoms with Gasteiger partial charge >= 0.3 is 0 Å². The third kappa shape index (κ3) is 3.59. The van der Waals surface area contributed by atoms with E-state index in [2.05, 4.69) is 12.1 Å². The SMILES string of the molecule is CC(=O)N(C1=CCCC[C@@H]1CCC#N)C(C)C. The molecule has 1 atom stereocenters. The van der Waals surface area contributed by atoms with Crippen LogP contribution in [0.5, 0.6) is 0 Å². The highest BCUT2D eigenvalue weighted by Crippen LogP contribution is 2.32. The van der Waals surface area contributed by atoms with E-state index >= 15 is 0 Å². The maximum atomic E-state index is 11.7. The van der Waals surface area contributed by atoms with Crippen molar-refractivity contribution in [2.45, 2.75) is 58.9 Å². The molecular formula is C14H22N2O. The number of carbonyl (C=O) groups excluding carboxylic acids is 1. The topological polar surface area (TPSA) is 44.1 Å². The van der Waals surface area contributed by atoms with E-state index in [1.165, 1.54) is 6.42 Å². The molecule has 1 amide bonds. The van der Waals surface area contributed by atoms with E-state index in [0.717, 1.165) is 25.0 Å². The zero-order valence-corrected chi connectivity index (χ0v) is 11.1. The largest absolute Gasteiger partial charge is 0.314 e. The summed E-state index contributed by atoms with van der Waals surface area (Å²) in [5.41, 5.74) is 1.15. The minimum atomic E-state index is 0.107. The highest BCUT2D eigenvalue weighted by atomic mass is 16.2. The third-order valence-corrected chi connectivity index (χ3v) is 3.27. The summed E-state index contributed by atoms with van der Waals surface area (Å²) in [5, 5.41) is 8.69. The Balaban J connectivity index is 2.86. The van der Waals surface area contributed by atoms with Gasteiger partial charge in [0.1, 0.15) is 0 Å². The van der Waals surface area contributed by atoms with Gasteiger partial charge in [-0.25, -0.2) is 0 Å². The Kier molecular flexibility index (Phi) is 5.21. The van der Waals surface area contributed by atoms with E-state index in [4.69, 9.17) is 5.26 Å². The van der Waals surface area contributed by atoms with E-state index in [1.54, 1.807) is 6.92 Å². The van der Waals surface area contributed by atoms with E-state index in [-0.39, 0.29) is 11.9 Å². The fourth-order valence-corrected chi connectivity index (χ4v) is 2.60. The number of allylic oxidation sites excluding steroid dienone is 2. The van der Waals surface area contributed by atoms with E-state index in [0.29, 0.717) is 12.3 Å². The van der Waals surface area contributed by atoms with E-state index < -0.39 is 0 Å². The van der Waals surface area contributed by atoms with Crippen LogP contribution in [0.1, 0.15) is 52.9 Å². The molecule has 0 aliphatic heterocycles. The van der Waals surface area contributed by atoms with Crippen molar-refractivity contribution >= 4 is 5.91 Å². The second-order valence-electron chi connectivity index (χ2n) is 4.94. The maximum Gasteiger partial charge on any atom is 0.223 e. The smallest absolute Gasteiger partial charge is 0.223 e. The lowest BCUT2D eigenvalue weighted by Gasteiger charge is -2.35. The van der Waals surface area contributed by atoms with Crippen LogP contribution in [0.4, 0.5) is 0 Å². The Morgan fingerprint density at radius 1 is 1.65 bits per heavy atom. The summed E-state index contributed by atoms with van der Waals surface area (Å²) in [5.74, 6) is 0.491. The lowest BCUT2D eigenvalue weighted by Crippen LogP contribution is -2.38. The predicted octanol–water partition coefficient (Wildman–Crippen LogP) is 3.23. The minimum absolute atomic E-state index is 0.107. The molecule has 0 saturated heterocycles. The minimum Gasteiger partial charge on any atom is -0.314 e. The predicted molar refractivity (Wildman–Crippen MR) is 67.9 cm³/mol. The monoisotopic (exact) mass is 234 g/mol. The summed E-state index contributed by atoms with van der Waals surface area (Å²) in [7, 11) is 0. The second kappa shape index (κ2) is 6.44. The molecule has 0 aromatic carbocycles. The Morgan fingerprint density at radius 3 is 2.88 bits per heavy atom. The fraction of sp³-hybridized carbons (Fsp3) is 0.714. The maximum absolute atomic E-state index is 11.7. The number of amides is 1. The molecule has 0 aromatic rings. The number of nitriles is 1. The molecule has 3 heteroatoms. The van der Waals surface area contributed by atoms with Crippen LogP contribution in [0.25, 0.3) is 0 Å². The molecule has 0 N–H and O–H groups in total. The van der Waals surface area contributed by atoms with Crippen molar-refractivity contribution in [2.75, 3.05) is 0 Å². The number of hydrogen-bond acceptors (Lipinski definition) is 2. The first-order valence-electron chi connectivity index (χ1n) is 6.44. The van der Waals surface area contributed by atoms with Crippen molar-refractivity contribution < 1.29 is 4.79 Å². The quantitative estimate of drug-likeness (QED) is 0.749. The van der Waals surface area contributed by atoms with Crippen molar-refractivity contribution in [3.8, 4) is 6.07 Å². The normalized spacial score (nSPS) is 19.7. The third-order valence-electron chi connectivity index (χ3n) is 3.27. The van der Waals surface area contributed by atoms with Gasteiger partial charge in [0, 0.05) is 25.1 Å². The summed E-state index contributed by atoms with van der Waals surface area (Å²) in [4.78, 5) is 13.6. The Labute approximate surface area is 104 Å². The number of carbonyl (C=O) groups is 1. The molecule has 1 rings (SSSR count). The Bertz CT molecular complexity index is 339. The molecule has 0 unspecified atom stereocenters. The van der Waals surface area contributed by atoms with Crippen molar-refractivity contribution in [3.63, 3.8) is 0 Å². The molecule has 0 heterocycles. The van der Waals surface area contributed by atoms with Crippen LogP contribution in [0, 0.1) is 17.2 Å². The highest BCUT2D eigenvalue weighted by Gasteiger charge is 2.26. The van der Waals surface area contributed by atoms with Crippen LogP contribution in [-0.4, -0.2) is 16.8 Å². The zero-order valence-electron chi connectivity index (χ0n) is 11.1. The van der Waals surface area contributed by atoms with Crippen LogP contribution in [0.3, 0.4) is 0 Å². The molecule has 0 aromatic heterocycles. The van der Waals surface area contributed by atoms with Crippen molar-refractivity contribution in [2.24, 2.45) is 5.92 Å². The summed E-state index contributed by atoms with van der Waals surface area (Å²) in [6.45, 7) is 5.70. The summed E-state index contributed by atoms with van der Waals surface area (Å²) in [6, 6.07) is 2.40. The van der Waals surface area contributed by atoms with E-state index in [9.17, 15) is 4.79 Å². The highest BCUT2D eigenvalue weighted by molar-refractivity contribution is 5.75. The molecule has 94 valence electrons. The van der Waals surface area contributed by atoms with Gasteiger partial charge in [0.2, 0.25) is 5.91 Å². The van der Waals surface area contributed by atoms with Gasteiger partial charge in [-0.05, 0) is 45.4 Å². The fourth-order valence-electron chi connectivity index (χ4n) is 2.60. The van der Waals surface area contributed by atoms with Gasteiger partial charge < -0.3 is 4.90 Å². The van der Waals surface area contributed by atoms with Gasteiger partial charge in [0.25, 0.3) is 0 Å². The van der Waals surface area contributed by atoms with Crippen molar-refractivity contribution in [3.05, 3.63) is 11.8 Å². The van der Waals surface area contributed by atoms with Gasteiger partial charge in [0.05, 0.1) is 6.07 Å². The number of nitrogens with zero attached hydrogens (tertiary/aromatic N) is 2. The van der Waals surface area contributed by atoms with Gasteiger partial charge in [-0.15, -0.1) is 0 Å². The lowest BCUT2D eigenvalue weighted by molar-refractivity contribution is -0.128. The van der Waals surface area contributed by atoms with Crippen molar-refractivity contribution in [1.29, 1.82) is 5.26 Å². The molecule has 0 fully saturated rings. The summed E-state index contributed by atoms with van der Waals surface area (Å²) >= 11 is 0. The summed E-state index contributed by atoms with van der Waals surface area (Å²) in [6.07, 6.45) is 6.96. The Hall–Kier alpha value is -1.30. The van der Waals surface area contributed by atoms with Gasteiger partial charge in [-0.2, -0.15) is 5.26 Å².